The van der Waals surface area contributed by atoms with Gasteiger partial charge in [0.25, 0.3) is 0 Å². The Bertz CT molecular complexity index is 404. The van der Waals surface area contributed by atoms with Crippen LogP contribution in [0, 0.1) is 10.2 Å². The van der Waals surface area contributed by atoms with Gasteiger partial charge in [0.2, 0.25) is 0 Å². The van der Waals surface area contributed by atoms with Crippen molar-refractivity contribution in [3.05, 3.63) is 16.7 Å². The minimum atomic E-state index is 0.529. The van der Waals surface area contributed by atoms with Crippen molar-refractivity contribution in [1.29, 1.82) is 0 Å². The Morgan fingerprint density at radius 1 is 1.44 bits per heavy atom. The summed E-state index contributed by atoms with van der Waals surface area (Å²) in [6.45, 7) is 6.95. The summed E-state index contributed by atoms with van der Waals surface area (Å²) >= 11 is 5.38. The van der Waals surface area contributed by atoms with Gasteiger partial charge in [0.05, 0.1) is 0 Å². The van der Waals surface area contributed by atoms with Crippen molar-refractivity contribution in [2.24, 2.45) is 5.41 Å². The Labute approximate surface area is 103 Å². The highest BCUT2D eigenvalue weighted by Crippen LogP contribution is 2.40. The second-order valence-corrected chi connectivity index (χ2v) is 6.09. The summed E-state index contributed by atoms with van der Waals surface area (Å²) in [6.07, 6.45) is 8.30. The highest BCUT2D eigenvalue weighted by molar-refractivity contribution is 7.71. The molecule has 16 heavy (non-hydrogen) atoms. The molecule has 0 unspecified atom stereocenters. The molecule has 90 valence electrons. The lowest BCUT2D eigenvalue weighted by atomic mass is 9.75. The average molecular weight is 238 g/mol. The highest BCUT2D eigenvalue weighted by Gasteiger charge is 2.28. The third kappa shape index (κ3) is 2.24. The van der Waals surface area contributed by atoms with Crippen LogP contribution >= 0.6 is 12.2 Å². The molecular formula is C13H22N2S. The van der Waals surface area contributed by atoms with Gasteiger partial charge in [-0.25, -0.2) is 0 Å². The van der Waals surface area contributed by atoms with Gasteiger partial charge in [0.15, 0.2) is 4.77 Å². The highest BCUT2D eigenvalue weighted by atomic mass is 32.1. The number of imidazole rings is 1. The molecule has 1 aromatic heterocycles. The zero-order valence-corrected chi connectivity index (χ0v) is 11.4. The number of nitrogens with zero attached hydrogens (tertiary/aromatic N) is 1. The molecule has 1 N–H and O–H groups in total. The molecule has 1 saturated carbocycles. The molecule has 1 aromatic rings. The first kappa shape index (κ1) is 11.9. The largest absolute Gasteiger partial charge is 0.337 e. The van der Waals surface area contributed by atoms with Crippen LogP contribution in [0.15, 0.2) is 6.20 Å². The van der Waals surface area contributed by atoms with Crippen molar-refractivity contribution < 1.29 is 0 Å². The van der Waals surface area contributed by atoms with E-state index in [4.69, 9.17) is 12.2 Å². The van der Waals surface area contributed by atoms with Gasteiger partial charge in [-0.3, -0.25) is 0 Å². The first-order valence-corrected chi connectivity index (χ1v) is 6.73. The van der Waals surface area contributed by atoms with Crippen LogP contribution in [0.1, 0.15) is 58.2 Å². The summed E-state index contributed by atoms with van der Waals surface area (Å²) in [6, 6.07) is 0.627. The summed E-state index contributed by atoms with van der Waals surface area (Å²) in [4.78, 5) is 3.18. The van der Waals surface area contributed by atoms with E-state index >= 15 is 0 Å². The third-order valence-corrected chi connectivity index (χ3v) is 4.24. The van der Waals surface area contributed by atoms with Crippen molar-refractivity contribution in [3.63, 3.8) is 0 Å². The number of nitrogens with one attached hydrogen (secondary N) is 1. The zero-order chi connectivity index (χ0) is 11.8. The van der Waals surface area contributed by atoms with Crippen LogP contribution in [0.2, 0.25) is 0 Å². The number of H-pyrrole nitrogens is 1. The lowest BCUT2D eigenvalue weighted by Gasteiger charge is -2.35. The van der Waals surface area contributed by atoms with Gasteiger partial charge in [0.1, 0.15) is 0 Å². The number of hydrogen-bond donors (Lipinski definition) is 1. The fourth-order valence-electron chi connectivity index (χ4n) is 2.73. The van der Waals surface area contributed by atoms with Gasteiger partial charge < -0.3 is 9.55 Å². The maximum absolute atomic E-state index is 5.38. The fourth-order valence-corrected chi connectivity index (χ4v) is 3.05. The van der Waals surface area contributed by atoms with E-state index in [9.17, 15) is 0 Å². The molecule has 2 nitrogen and oxygen atoms in total. The molecule has 0 spiro atoms. The normalized spacial score (nSPS) is 21.2. The number of hydrogen-bond acceptors (Lipinski definition) is 1. The molecule has 0 aromatic carbocycles. The lowest BCUT2D eigenvalue weighted by molar-refractivity contribution is 0.191. The fraction of sp³-hybridized carbons (Fsp3) is 0.769. The topological polar surface area (TPSA) is 20.7 Å². The second-order valence-electron chi connectivity index (χ2n) is 5.70. The quantitative estimate of drug-likeness (QED) is 0.764. The van der Waals surface area contributed by atoms with E-state index in [2.05, 4.69) is 36.5 Å². The summed E-state index contributed by atoms with van der Waals surface area (Å²) in [5.74, 6) is 0. The van der Waals surface area contributed by atoms with E-state index < -0.39 is 0 Å². The first-order chi connectivity index (χ1) is 7.53. The van der Waals surface area contributed by atoms with E-state index in [1.807, 2.05) is 0 Å². The molecule has 0 saturated heterocycles. The Morgan fingerprint density at radius 2 is 2.06 bits per heavy atom. The van der Waals surface area contributed by atoms with Crippen molar-refractivity contribution >= 4 is 12.2 Å². The molecule has 1 aliphatic rings. The molecule has 0 amide bonds. The molecule has 1 aliphatic carbocycles. The summed E-state index contributed by atoms with van der Waals surface area (Å²) in [7, 11) is 0. The Hall–Kier alpha value is -0.570. The zero-order valence-electron chi connectivity index (χ0n) is 10.5. The average Bonchev–Trinajstić information content (AvgIpc) is 2.60. The van der Waals surface area contributed by atoms with Crippen molar-refractivity contribution in [3.8, 4) is 0 Å². The maximum atomic E-state index is 5.38. The van der Waals surface area contributed by atoms with E-state index in [0.29, 0.717) is 11.5 Å². The van der Waals surface area contributed by atoms with Gasteiger partial charge in [-0.2, -0.15) is 0 Å². The number of aromatic amines is 1. The molecule has 2 rings (SSSR count). The van der Waals surface area contributed by atoms with Crippen LogP contribution < -0.4 is 0 Å². The SMILES string of the molecule is CCc1c[nH]c(=S)n1C1CCC(C)(C)CC1. The monoisotopic (exact) mass is 238 g/mol. The lowest BCUT2D eigenvalue weighted by Crippen LogP contribution is -2.24. The van der Waals surface area contributed by atoms with Crippen LogP contribution in [-0.2, 0) is 6.42 Å². The predicted molar refractivity (Wildman–Crippen MR) is 70.3 cm³/mol. The summed E-state index contributed by atoms with van der Waals surface area (Å²) in [5.41, 5.74) is 1.89. The van der Waals surface area contributed by atoms with Gasteiger partial charge in [0, 0.05) is 17.9 Å². The van der Waals surface area contributed by atoms with Gasteiger partial charge in [-0.1, -0.05) is 20.8 Å². The van der Waals surface area contributed by atoms with Crippen LogP contribution in [0.3, 0.4) is 0 Å². The van der Waals surface area contributed by atoms with Gasteiger partial charge >= 0.3 is 0 Å². The van der Waals surface area contributed by atoms with Crippen LogP contribution in [-0.4, -0.2) is 9.55 Å². The molecule has 3 heteroatoms. The number of aromatic nitrogens is 2. The maximum Gasteiger partial charge on any atom is 0.177 e. The smallest absolute Gasteiger partial charge is 0.177 e. The van der Waals surface area contributed by atoms with E-state index in [-0.39, 0.29) is 0 Å². The van der Waals surface area contributed by atoms with E-state index in [1.165, 1.54) is 31.4 Å². The first-order valence-electron chi connectivity index (χ1n) is 6.32. The minimum absolute atomic E-state index is 0.529. The van der Waals surface area contributed by atoms with Crippen LogP contribution in [0.5, 0.6) is 0 Å². The van der Waals surface area contributed by atoms with Gasteiger partial charge in [-0.05, 0) is 49.7 Å². The Balaban J connectivity index is 2.20. The Morgan fingerprint density at radius 3 is 2.62 bits per heavy atom. The predicted octanol–water partition coefficient (Wildman–Crippen LogP) is 4.25. The summed E-state index contributed by atoms with van der Waals surface area (Å²) in [5, 5.41) is 0. The standard InChI is InChI=1S/C13H22N2S/c1-4-10-9-14-12(16)15(10)11-5-7-13(2,3)8-6-11/h9,11H,4-8H2,1-3H3,(H,14,16). The minimum Gasteiger partial charge on any atom is -0.337 e. The number of aryl methyl sites for hydroxylation is 1. The molecule has 0 radical (unpaired) electrons. The van der Waals surface area contributed by atoms with E-state index in [0.717, 1.165) is 11.2 Å². The molecule has 0 aliphatic heterocycles. The molecule has 1 fully saturated rings. The summed E-state index contributed by atoms with van der Waals surface area (Å²) < 4.78 is 3.26. The molecule has 0 bridgehead atoms. The van der Waals surface area contributed by atoms with Gasteiger partial charge in [-0.15, -0.1) is 0 Å². The van der Waals surface area contributed by atoms with Crippen molar-refractivity contribution in [2.45, 2.75) is 58.9 Å². The van der Waals surface area contributed by atoms with Crippen molar-refractivity contribution in [1.82, 2.24) is 9.55 Å². The molecular weight excluding hydrogens is 216 g/mol. The third-order valence-electron chi connectivity index (χ3n) is 3.93. The molecule has 1 heterocycles. The van der Waals surface area contributed by atoms with Crippen LogP contribution in [0.25, 0.3) is 0 Å². The number of rotatable bonds is 2. The van der Waals surface area contributed by atoms with Crippen molar-refractivity contribution in [2.75, 3.05) is 0 Å². The Kier molecular flexibility index (Phi) is 3.24. The second kappa shape index (κ2) is 4.36. The van der Waals surface area contributed by atoms with Crippen LogP contribution in [0.4, 0.5) is 0 Å². The van der Waals surface area contributed by atoms with E-state index in [1.54, 1.807) is 0 Å². The molecule has 0 atom stereocenters.